The molecule has 152 valence electrons. The third-order valence-electron chi connectivity index (χ3n) is 5.36. The Kier molecular flexibility index (Phi) is 6.16. The number of methoxy groups -OCH3 is 1. The van der Waals surface area contributed by atoms with Gasteiger partial charge in [0, 0.05) is 35.4 Å². The van der Waals surface area contributed by atoms with Gasteiger partial charge in [-0.2, -0.15) is 0 Å². The van der Waals surface area contributed by atoms with Crippen molar-refractivity contribution in [1.29, 1.82) is 0 Å². The Labute approximate surface area is 175 Å². The summed E-state index contributed by atoms with van der Waals surface area (Å²) in [4.78, 5) is 7.36. The zero-order chi connectivity index (χ0) is 20.2. The van der Waals surface area contributed by atoms with E-state index in [0.717, 1.165) is 42.4 Å². The molecule has 0 unspecified atom stereocenters. The molecule has 6 heteroatoms. The molecule has 0 N–H and O–H groups in total. The Morgan fingerprint density at radius 2 is 1.83 bits per heavy atom. The SMILES string of the molecule is COc1ccc(F)cc1Cc1nc(CN2CCCCC2)cn1-c1ccc(Cl)cc1. The molecule has 1 aliphatic heterocycles. The van der Waals surface area contributed by atoms with Crippen LogP contribution in [0.25, 0.3) is 5.69 Å². The van der Waals surface area contributed by atoms with Crippen LogP contribution in [0.3, 0.4) is 0 Å². The fraction of sp³-hybridized carbons (Fsp3) is 0.348. The van der Waals surface area contributed by atoms with Crippen LogP contribution in [0.4, 0.5) is 4.39 Å². The number of imidazole rings is 1. The number of ether oxygens (including phenoxy) is 1. The van der Waals surface area contributed by atoms with Crippen molar-refractivity contribution in [1.82, 2.24) is 14.5 Å². The summed E-state index contributed by atoms with van der Waals surface area (Å²) >= 11 is 6.07. The van der Waals surface area contributed by atoms with E-state index in [-0.39, 0.29) is 5.82 Å². The zero-order valence-electron chi connectivity index (χ0n) is 16.6. The van der Waals surface area contributed by atoms with Crippen molar-refractivity contribution in [2.75, 3.05) is 20.2 Å². The van der Waals surface area contributed by atoms with Gasteiger partial charge in [-0.05, 0) is 68.4 Å². The summed E-state index contributed by atoms with van der Waals surface area (Å²) in [6.45, 7) is 3.05. The lowest BCUT2D eigenvalue weighted by atomic mass is 10.1. The number of likely N-dealkylation sites (tertiary alicyclic amines) is 1. The minimum atomic E-state index is -0.279. The highest BCUT2D eigenvalue weighted by Gasteiger charge is 2.17. The first-order valence-corrected chi connectivity index (χ1v) is 10.4. The summed E-state index contributed by atoms with van der Waals surface area (Å²) < 4.78 is 21.4. The van der Waals surface area contributed by atoms with Gasteiger partial charge in [0.1, 0.15) is 17.4 Å². The second-order valence-corrected chi connectivity index (χ2v) is 7.90. The summed E-state index contributed by atoms with van der Waals surface area (Å²) in [5.74, 6) is 1.23. The number of hydrogen-bond donors (Lipinski definition) is 0. The van der Waals surface area contributed by atoms with Crippen molar-refractivity contribution < 1.29 is 9.13 Å². The molecule has 3 aromatic rings. The molecule has 1 fully saturated rings. The van der Waals surface area contributed by atoms with Gasteiger partial charge in [0.25, 0.3) is 0 Å². The molecule has 0 bridgehead atoms. The van der Waals surface area contributed by atoms with E-state index < -0.39 is 0 Å². The van der Waals surface area contributed by atoms with E-state index in [1.165, 1.54) is 31.4 Å². The molecule has 0 saturated carbocycles. The third kappa shape index (κ3) is 4.80. The summed E-state index contributed by atoms with van der Waals surface area (Å²) in [5, 5.41) is 0.691. The fourth-order valence-corrected chi connectivity index (χ4v) is 4.03. The average Bonchev–Trinajstić information content (AvgIpc) is 3.11. The molecular weight excluding hydrogens is 389 g/mol. The maximum atomic E-state index is 13.9. The quantitative estimate of drug-likeness (QED) is 0.552. The summed E-state index contributed by atoms with van der Waals surface area (Å²) in [6, 6.07) is 12.3. The first kappa shape index (κ1) is 19.9. The van der Waals surface area contributed by atoms with E-state index >= 15 is 0 Å². The maximum absolute atomic E-state index is 13.9. The topological polar surface area (TPSA) is 30.3 Å². The molecule has 0 amide bonds. The van der Waals surface area contributed by atoms with E-state index in [0.29, 0.717) is 17.2 Å². The van der Waals surface area contributed by atoms with Crippen LogP contribution in [0, 0.1) is 5.82 Å². The Morgan fingerprint density at radius 3 is 2.55 bits per heavy atom. The molecule has 1 aromatic heterocycles. The van der Waals surface area contributed by atoms with E-state index in [1.54, 1.807) is 13.2 Å². The number of hydrogen-bond acceptors (Lipinski definition) is 3. The fourth-order valence-electron chi connectivity index (χ4n) is 3.90. The standard InChI is InChI=1S/C23H25ClFN3O/c1-29-22-10-7-19(25)13-17(22)14-23-26-20(15-27-11-3-2-4-12-27)16-28(23)21-8-5-18(24)6-9-21/h5-10,13,16H,2-4,11-12,14-15H2,1H3. The third-order valence-corrected chi connectivity index (χ3v) is 5.61. The van der Waals surface area contributed by atoms with Gasteiger partial charge >= 0.3 is 0 Å². The molecule has 2 aromatic carbocycles. The van der Waals surface area contributed by atoms with Crippen LogP contribution in [0.5, 0.6) is 5.75 Å². The summed E-state index contributed by atoms with van der Waals surface area (Å²) in [6.07, 6.45) is 6.35. The van der Waals surface area contributed by atoms with Crippen LogP contribution in [0.1, 0.15) is 36.3 Å². The van der Waals surface area contributed by atoms with E-state index in [4.69, 9.17) is 21.3 Å². The van der Waals surface area contributed by atoms with Gasteiger partial charge in [0.2, 0.25) is 0 Å². The normalized spacial score (nSPS) is 14.9. The van der Waals surface area contributed by atoms with Crippen molar-refractivity contribution in [2.45, 2.75) is 32.2 Å². The number of nitrogens with zero attached hydrogens (tertiary/aromatic N) is 3. The van der Waals surface area contributed by atoms with Crippen molar-refractivity contribution >= 4 is 11.6 Å². The first-order chi connectivity index (χ1) is 14.1. The molecule has 4 rings (SSSR count). The molecule has 1 saturated heterocycles. The first-order valence-electron chi connectivity index (χ1n) is 10.0. The van der Waals surface area contributed by atoms with Gasteiger partial charge in [-0.1, -0.05) is 18.0 Å². The average molecular weight is 414 g/mol. The van der Waals surface area contributed by atoms with Gasteiger partial charge in [-0.25, -0.2) is 9.37 Å². The molecule has 0 aliphatic carbocycles. The second-order valence-electron chi connectivity index (χ2n) is 7.46. The highest BCUT2D eigenvalue weighted by molar-refractivity contribution is 6.30. The highest BCUT2D eigenvalue weighted by atomic mass is 35.5. The monoisotopic (exact) mass is 413 g/mol. The lowest BCUT2D eigenvalue weighted by Crippen LogP contribution is -2.29. The van der Waals surface area contributed by atoms with Gasteiger partial charge < -0.3 is 9.30 Å². The van der Waals surface area contributed by atoms with Crippen LogP contribution < -0.4 is 4.74 Å². The molecule has 29 heavy (non-hydrogen) atoms. The van der Waals surface area contributed by atoms with E-state index in [9.17, 15) is 4.39 Å². The number of piperidine rings is 1. The summed E-state index contributed by atoms with van der Waals surface area (Å²) in [5.41, 5.74) is 2.78. The molecule has 0 atom stereocenters. The predicted octanol–water partition coefficient (Wildman–Crippen LogP) is 5.25. The molecule has 0 radical (unpaired) electrons. The van der Waals surface area contributed by atoms with Crippen LogP contribution >= 0.6 is 11.6 Å². The number of halogens is 2. The lowest BCUT2D eigenvalue weighted by molar-refractivity contribution is 0.218. The number of aromatic nitrogens is 2. The maximum Gasteiger partial charge on any atom is 0.123 e. The van der Waals surface area contributed by atoms with Crippen molar-refractivity contribution in [3.63, 3.8) is 0 Å². The zero-order valence-corrected chi connectivity index (χ0v) is 17.3. The van der Waals surface area contributed by atoms with Crippen LogP contribution in [0.15, 0.2) is 48.7 Å². The van der Waals surface area contributed by atoms with Crippen molar-refractivity contribution in [3.05, 3.63) is 76.6 Å². The predicted molar refractivity (Wildman–Crippen MR) is 113 cm³/mol. The van der Waals surface area contributed by atoms with Gasteiger partial charge in [-0.15, -0.1) is 0 Å². The van der Waals surface area contributed by atoms with Crippen LogP contribution in [-0.2, 0) is 13.0 Å². The highest BCUT2D eigenvalue weighted by Crippen LogP contribution is 2.25. The second kappa shape index (κ2) is 8.97. The van der Waals surface area contributed by atoms with Gasteiger partial charge in [0.15, 0.2) is 0 Å². The van der Waals surface area contributed by atoms with Crippen molar-refractivity contribution in [3.8, 4) is 11.4 Å². The number of benzene rings is 2. The largest absolute Gasteiger partial charge is 0.496 e. The van der Waals surface area contributed by atoms with E-state index in [1.807, 2.05) is 24.3 Å². The molecule has 0 spiro atoms. The molecule has 2 heterocycles. The van der Waals surface area contributed by atoms with Gasteiger partial charge in [-0.3, -0.25) is 4.90 Å². The van der Waals surface area contributed by atoms with Crippen LogP contribution in [0.2, 0.25) is 5.02 Å². The minimum Gasteiger partial charge on any atom is -0.496 e. The molecule has 1 aliphatic rings. The Balaban J connectivity index is 1.68. The Bertz CT molecular complexity index is 965. The number of rotatable bonds is 6. The minimum absolute atomic E-state index is 0.279. The van der Waals surface area contributed by atoms with Crippen molar-refractivity contribution in [2.24, 2.45) is 0 Å². The van der Waals surface area contributed by atoms with Crippen LogP contribution in [-0.4, -0.2) is 34.7 Å². The van der Waals surface area contributed by atoms with E-state index in [2.05, 4.69) is 15.7 Å². The summed E-state index contributed by atoms with van der Waals surface area (Å²) in [7, 11) is 1.60. The lowest BCUT2D eigenvalue weighted by Gasteiger charge is -2.25. The smallest absolute Gasteiger partial charge is 0.123 e. The van der Waals surface area contributed by atoms with Gasteiger partial charge in [0.05, 0.1) is 12.8 Å². The molecule has 4 nitrogen and oxygen atoms in total. The molecular formula is C23H25ClFN3O. The Hall–Kier alpha value is -2.37. The Morgan fingerprint density at radius 1 is 1.07 bits per heavy atom.